The summed E-state index contributed by atoms with van der Waals surface area (Å²) < 4.78 is 29.0. The average Bonchev–Trinajstić information content (AvgIpc) is 2.29. The number of nitrogens with zero attached hydrogens (tertiary/aromatic N) is 2. The summed E-state index contributed by atoms with van der Waals surface area (Å²) in [4.78, 5) is 0. The van der Waals surface area contributed by atoms with E-state index >= 15 is 0 Å². The van der Waals surface area contributed by atoms with Crippen LogP contribution in [0.3, 0.4) is 0 Å². The quantitative estimate of drug-likeness (QED) is 0.808. The molecule has 0 N–H and O–H groups in total. The summed E-state index contributed by atoms with van der Waals surface area (Å²) in [5.74, 6) is 0.495. The van der Waals surface area contributed by atoms with Crippen molar-refractivity contribution in [2.24, 2.45) is 0 Å². The Bertz CT molecular complexity index is 534. The molecule has 1 aromatic carbocycles. The lowest BCUT2D eigenvalue weighted by Gasteiger charge is -2.21. The molecule has 17 heavy (non-hydrogen) atoms. The van der Waals surface area contributed by atoms with Gasteiger partial charge in [-0.15, -0.1) is 0 Å². The summed E-state index contributed by atoms with van der Waals surface area (Å²) in [6.45, 7) is 0. The Labute approximate surface area is 101 Å². The molecule has 1 atom stereocenters. The third-order valence-electron chi connectivity index (χ3n) is 2.44. The largest absolute Gasteiger partial charge is 0.496 e. The predicted octanol–water partition coefficient (Wildman–Crippen LogP) is 1.15. The standard InChI is InChI=1S/C11H14N2O3S/c1-13(17(3,14)15)10(8-12)9-6-4-5-7-11(9)16-2/h4-7,10H,1-3H3. The van der Waals surface area contributed by atoms with Crippen molar-refractivity contribution in [1.82, 2.24) is 4.31 Å². The van der Waals surface area contributed by atoms with E-state index in [1.807, 2.05) is 6.07 Å². The highest BCUT2D eigenvalue weighted by Gasteiger charge is 2.26. The van der Waals surface area contributed by atoms with Gasteiger partial charge >= 0.3 is 0 Å². The summed E-state index contributed by atoms with van der Waals surface area (Å²) in [6, 6.07) is 7.94. The zero-order valence-corrected chi connectivity index (χ0v) is 10.7. The molecule has 0 fully saturated rings. The lowest BCUT2D eigenvalue weighted by Crippen LogP contribution is -2.29. The van der Waals surface area contributed by atoms with Crippen LogP contribution in [0.25, 0.3) is 0 Å². The van der Waals surface area contributed by atoms with Crippen molar-refractivity contribution in [2.45, 2.75) is 6.04 Å². The topological polar surface area (TPSA) is 70.4 Å². The minimum absolute atomic E-state index is 0.495. The smallest absolute Gasteiger partial charge is 0.212 e. The first kappa shape index (κ1) is 13.5. The Morgan fingerprint density at radius 3 is 2.47 bits per heavy atom. The van der Waals surface area contributed by atoms with Gasteiger partial charge in [-0.1, -0.05) is 18.2 Å². The number of rotatable bonds is 4. The minimum atomic E-state index is -3.43. The highest BCUT2D eigenvalue weighted by atomic mass is 32.2. The molecular weight excluding hydrogens is 240 g/mol. The van der Waals surface area contributed by atoms with Crippen LogP contribution in [0.4, 0.5) is 0 Å². The fourth-order valence-electron chi connectivity index (χ4n) is 1.43. The van der Waals surface area contributed by atoms with Crippen molar-refractivity contribution < 1.29 is 13.2 Å². The lowest BCUT2D eigenvalue weighted by atomic mass is 10.1. The third-order valence-corrected chi connectivity index (χ3v) is 3.70. The second-order valence-electron chi connectivity index (χ2n) is 3.55. The van der Waals surface area contributed by atoms with Gasteiger partial charge in [0.1, 0.15) is 11.8 Å². The van der Waals surface area contributed by atoms with Crippen LogP contribution in [-0.4, -0.2) is 33.1 Å². The van der Waals surface area contributed by atoms with Crippen LogP contribution in [0.2, 0.25) is 0 Å². The van der Waals surface area contributed by atoms with Crippen molar-refractivity contribution >= 4 is 10.0 Å². The first-order chi connectivity index (χ1) is 7.91. The van der Waals surface area contributed by atoms with Gasteiger partial charge < -0.3 is 4.74 Å². The van der Waals surface area contributed by atoms with Gasteiger partial charge in [-0.25, -0.2) is 8.42 Å². The van der Waals surface area contributed by atoms with Gasteiger partial charge in [-0.05, 0) is 6.07 Å². The molecule has 0 saturated heterocycles. The number of ether oxygens (including phenoxy) is 1. The average molecular weight is 254 g/mol. The fraction of sp³-hybridized carbons (Fsp3) is 0.364. The van der Waals surface area contributed by atoms with Gasteiger partial charge in [0.05, 0.1) is 19.4 Å². The second kappa shape index (κ2) is 5.17. The van der Waals surface area contributed by atoms with E-state index in [1.165, 1.54) is 14.2 Å². The normalized spacial score (nSPS) is 13.1. The van der Waals surface area contributed by atoms with Crippen LogP contribution in [0, 0.1) is 11.3 Å². The van der Waals surface area contributed by atoms with Crippen LogP contribution < -0.4 is 4.74 Å². The summed E-state index contributed by atoms with van der Waals surface area (Å²) in [5.41, 5.74) is 0.533. The number of benzene rings is 1. The zero-order valence-electron chi connectivity index (χ0n) is 9.91. The number of nitriles is 1. The summed E-state index contributed by atoms with van der Waals surface area (Å²) in [5, 5.41) is 9.12. The molecule has 0 amide bonds. The Hall–Kier alpha value is -1.58. The molecule has 0 bridgehead atoms. The van der Waals surface area contributed by atoms with Crippen LogP contribution in [-0.2, 0) is 10.0 Å². The van der Waals surface area contributed by atoms with E-state index in [1.54, 1.807) is 24.3 Å². The molecule has 0 aliphatic heterocycles. The van der Waals surface area contributed by atoms with Crippen LogP contribution in [0.1, 0.15) is 11.6 Å². The van der Waals surface area contributed by atoms with E-state index in [4.69, 9.17) is 10.00 Å². The van der Waals surface area contributed by atoms with E-state index in [-0.39, 0.29) is 0 Å². The maximum atomic E-state index is 11.4. The van der Waals surface area contributed by atoms with Gasteiger partial charge in [-0.3, -0.25) is 0 Å². The highest BCUT2D eigenvalue weighted by molar-refractivity contribution is 7.88. The zero-order chi connectivity index (χ0) is 13.1. The lowest BCUT2D eigenvalue weighted by molar-refractivity contribution is 0.387. The fourth-order valence-corrected chi connectivity index (χ4v) is 1.97. The Morgan fingerprint density at radius 1 is 1.41 bits per heavy atom. The monoisotopic (exact) mass is 254 g/mol. The first-order valence-electron chi connectivity index (χ1n) is 4.87. The molecule has 0 aromatic heterocycles. The number of methoxy groups -OCH3 is 1. The molecule has 5 nitrogen and oxygen atoms in total. The molecule has 6 heteroatoms. The third kappa shape index (κ3) is 2.96. The van der Waals surface area contributed by atoms with Crippen molar-refractivity contribution in [1.29, 1.82) is 5.26 Å². The molecule has 1 aromatic rings. The van der Waals surface area contributed by atoms with Crippen LogP contribution in [0.5, 0.6) is 5.75 Å². The summed E-state index contributed by atoms with van der Waals surface area (Å²) >= 11 is 0. The van der Waals surface area contributed by atoms with Crippen LogP contribution >= 0.6 is 0 Å². The maximum absolute atomic E-state index is 11.4. The Kier molecular flexibility index (Phi) is 4.10. The van der Waals surface area contributed by atoms with Gasteiger partial charge in [0.15, 0.2) is 0 Å². The molecule has 0 spiro atoms. The molecule has 0 aliphatic carbocycles. The predicted molar refractivity (Wildman–Crippen MR) is 64.0 cm³/mol. The molecule has 0 aliphatic rings. The molecule has 0 saturated carbocycles. The number of para-hydroxylation sites is 1. The van der Waals surface area contributed by atoms with E-state index in [2.05, 4.69) is 0 Å². The number of sulfonamides is 1. The SMILES string of the molecule is COc1ccccc1C(C#N)N(C)S(C)(=O)=O. The molecule has 92 valence electrons. The van der Waals surface area contributed by atoms with E-state index < -0.39 is 16.1 Å². The maximum Gasteiger partial charge on any atom is 0.212 e. The molecule has 1 unspecified atom stereocenters. The van der Waals surface area contributed by atoms with Crippen molar-refractivity contribution in [3.8, 4) is 11.8 Å². The second-order valence-corrected chi connectivity index (χ2v) is 5.59. The first-order valence-corrected chi connectivity index (χ1v) is 6.72. The number of hydrogen-bond acceptors (Lipinski definition) is 4. The Balaban J connectivity index is 3.25. The molecule has 0 heterocycles. The summed E-state index contributed by atoms with van der Waals surface area (Å²) in [6.07, 6.45) is 1.06. The van der Waals surface area contributed by atoms with Crippen LogP contribution in [0.15, 0.2) is 24.3 Å². The Morgan fingerprint density at radius 2 is 2.00 bits per heavy atom. The molecule has 0 radical (unpaired) electrons. The van der Waals surface area contributed by atoms with E-state index in [9.17, 15) is 8.42 Å². The minimum Gasteiger partial charge on any atom is -0.496 e. The van der Waals surface area contributed by atoms with Gasteiger partial charge in [-0.2, -0.15) is 9.57 Å². The van der Waals surface area contributed by atoms with E-state index in [0.717, 1.165) is 10.6 Å². The van der Waals surface area contributed by atoms with Gasteiger partial charge in [0.2, 0.25) is 10.0 Å². The summed E-state index contributed by atoms with van der Waals surface area (Å²) in [7, 11) is -0.581. The molecular formula is C11H14N2O3S. The van der Waals surface area contributed by atoms with Crippen molar-refractivity contribution in [3.63, 3.8) is 0 Å². The van der Waals surface area contributed by atoms with Gasteiger partial charge in [0.25, 0.3) is 0 Å². The van der Waals surface area contributed by atoms with Crippen molar-refractivity contribution in [2.75, 3.05) is 20.4 Å². The van der Waals surface area contributed by atoms with E-state index in [0.29, 0.717) is 11.3 Å². The highest BCUT2D eigenvalue weighted by Crippen LogP contribution is 2.29. The number of hydrogen-bond donors (Lipinski definition) is 0. The molecule has 1 rings (SSSR count). The van der Waals surface area contributed by atoms with Crippen molar-refractivity contribution in [3.05, 3.63) is 29.8 Å². The van der Waals surface area contributed by atoms with Gasteiger partial charge in [0, 0.05) is 12.6 Å².